The number of anilines is 1. The summed E-state index contributed by atoms with van der Waals surface area (Å²) in [5.74, 6) is -3.80. The van der Waals surface area contributed by atoms with E-state index in [-0.39, 0.29) is 23.6 Å². The third kappa shape index (κ3) is 5.63. The van der Waals surface area contributed by atoms with Crippen molar-refractivity contribution in [3.05, 3.63) is 59.4 Å². The van der Waals surface area contributed by atoms with E-state index in [1.165, 1.54) is 30.3 Å². The number of carbonyl (C=O) groups is 3. The Balaban J connectivity index is 1.98. The Morgan fingerprint density at radius 2 is 1.85 bits per heavy atom. The normalized spacial score (nSPS) is 10.4. The maximum Gasteiger partial charge on any atom is 0.329 e. The van der Waals surface area contributed by atoms with Crippen molar-refractivity contribution in [1.82, 2.24) is 5.43 Å². The van der Waals surface area contributed by atoms with Gasteiger partial charge in [-0.2, -0.15) is 5.10 Å². The van der Waals surface area contributed by atoms with E-state index in [9.17, 15) is 23.9 Å². The Bertz CT molecular complexity index is 881. The first-order valence-electron chi connectivity index (χ1n) is 7.79. The van der Waals surface area contributed by atoms with E-state index in [1.807, 2.05) is 5.43 Å². The van der Waals surface area contributed by atoms with Gasteiger partial charge in [-0.25, -0.2) is 9.82 Å². The van der Waals surface area contributed by atoms with Gasteiger partial charge in [-0.05, 0) is 55.0 Å². The average Bonchev–Trinajstić information content (AvgIpc) is 2.64. The van der Waals surface area contributed by atoms with Gasteiger partial charge in [0, 0.05) is 11.3 Å². The largest absolute Gasteiger partial charge is 0.545 e. The molecule has 8 nitrogen and oxygen atoms in total. The topological polar surface area (TPSA) is 120 Å². The van der Waals surface area contributed by atoms with Gasteiger partial charge in [-0.15, -0.1) is 0 Å². The molecule has 2 N–H and O–H groups in total. The van der Waals surface area contributed by atoms with E-state index in [0.29, 0.717) is 5.56 Å². The summed E-state index contributed by atoms with van der Waals surface area (Å²) in [5.41, 5.74) is 2.42. The van der Waals surface area contributed by atoms with Crippen molar-refractivity contribution in [1.29, 1.82) is 0 Å². The maximum atomic E-state index is 12.8. The highest BCUT2D eigenvalue weighted by molar-refractivity contribution is 6.39. The lowest BCUT2D eigenvalue weighted by Gasteiger charge is -2.11. The summed E-state index contributed by atoms with van der Waals surface area (Å²) in [5, 5.41) is 17.0. The highest BCUT2D eigenvalue weighted by atomic mass is 19.1. The Morgan fingerprint density at radius 3 is 2.48 bits per heavy atom. The summed E-state index contributed by atoms with van der Waals surface area (Å²) in [6.07, 6.45) is 1.16. The minimum atomic E-state index is -1.42. The number of hydrogen-bond donors (Lipinski definition) is 2. The van der Waals surface area contributed by atoms with Crippen LogP contribution in [-0.2, 0) is 9.59 Å². The zero-order chi connectivity index (χ0) is 19.8. The van der Waals surface area contributed by atoms with Crippen molar-refractivity contribution in [3.8, 4) is 5.75 Å². The second kappa shape index (κ2) is 9.09. The fraction of sp³-hybridized carbons (Fsp3) is 0.111. The summed E-state index contributed by atoms with van der Waals surface area (Å²) in [6.45, 7) is 1.99. The average molecular weight is 372 g/mol. The van der Waals surface area contributed by atoms with Gasteiger partial charge in [0.15, 0.2) is 0 Å². The Kier molecular flexibility index (Phi) is 6.59. The van der Waals surface area contributed by atoms with Crippen LogP contribution < -0.4 is 20.6 Å². The number of nitrogens with one attached hydrogen (secondary N) is 2. The quantitative estimate of drug-likeness (QED) is 0.439. The van der Waals surface area contributed by atoms with Gasteiger partial charge in [0.2, 0.25) is 0 Å². The van der Waals surface area contributed by atoms with Crippen molar-refractivity contribution in [2.75, 3.05) is 11.9 Å². The van der Waals surface area contributed by atoms with Crippen LogP contribution in [0.25, 0.3) is 0 Å². The number of amides is 2. The minimum absolute atomic E-state index is 0.150. The molecule has 0 saturated carbocycles. The second-order valence-corrected chi connectivity index (χ2v) is 5.14. The van der Waals surface area contributed by atoms with Crippen molar-refractivity contribution in [2.45, 2.75) is 6.92 Å². The monoisotopic (exact) mass is 372 g/mol. The van der Waals surface area contributed by atoms with Gasteiger partial charge in [0.25, 0.3) is 0 Å². The molecule has 2 amide bonds. The van der Waals surface area contributed by atoms with E-state index < -0.39 is 23.6 Å². The highest BCUT2D eigenvalue weighted by Crippen LogP contribution is 2.19. The molecular formula is C18H15FN3O5-. The molecule has 0 unspecified atom stereocenters. The fourth-order valence-corrected chi connectivity index (χ4v) is 2.01. The van der Waals surface area contributed by atoms with Crippen molar-refractivity contribution >= 4 is 29.7 Å². The van der Waals surface area contributed by atoms with Gasteiger partial charge >= 0.3 is 11.8 Å². The number of nitrogens with zero attached hydrogens (tertiary/aromatic N) is 1. The van der Waals surface area contributed by atoms with Crippen LogP contribution in [0, 0.1) is 5.82 Å². The van der Waals surface area contributed by atoms with Crippen LogP contribution in [0.15, 0.2) is 47.6 Å². The van der Waals surface area contributed by atoms with Crippen LogP contribution >= 0.6 is 0 Å². The van der Waals surface area contributed by atoms with Crippen molar-refractivity contribution < 1.29 is 28.6 Å². The first kappa shape index (κ1) is 19.6. The molecule has 2 aromatic carbocycles. The number of carboxylic acids is 1. The van der Waals surface area contributed by atoms with E-state index in [2.05, 4.69) is 10.4 Å². The van der Waals surface area contributed by atoms with Gasteiger partial charge in [-0.1, -0.05) is 0 Å². The number of halogens is 1. The molecule has 0 aliphatic carbocycles. The molecule has 0 saturated heterocycles. The molecular weight excluding hydrogens is 357 g/mol. The Morgan fingerprint density at radius 1 is 1.15 bits per heavy atom. The lowest BCUT2D eigenvalue weighted by molar-refractivity contribution is -0.255. The summed E-state index contributed by atoms with van der Waals surface area (Å²) >= 11 is 0. The smallest absolute Gasteiger partial charge is 0.329 e. The minimum Gasteiger partial charge on any atom is -0.545 e. The lowest BCUT2D eigenvalue weighted by atomic mass is 10.1. The zero-order valence-corrected chi connectivity index (χ0v) is 14.2. The highest BCUT2D eigenvalue weighted by Gasteiger charge is 2.13. The molecule has 2 rings (SSSR count). The number of ether oxygens (including phenoxy) is 1. The van der Waals surface area contributed by atoms with Crippen LogP contribution in [0.3, 0.4) is 0 Å². The third-order valence-electron chi connectivity index (χ3n) is 3.21. The van der Waals surface area contributed by atoms with Crippen LogP contribution in [0.2, 0.25) is 0 Å². The molecule has 2 aromatic rings. The molecule has 0 radical (unpaired) electrons. The molecule has 9 heteroatoms. The molecule has 0 aliphatic rings. The summed E-state index contributed by atoms with van der Waals surface area (Å²) in [4.78, 5) is 34.5. The maximum absolute atomic E-state index is 12.8. The first-order chi connectivity index (χ1) is 12.9. The number of aromatic carboxylic acids is 1. The summed E-state index contributed by atoms with van der Waals surface area (Å²) in [7, 11) is 0. The number of rotatable bonds is 6. The molecule has 0 atom stereocenters. The summed E-state index contributed by atoms with van der Waals surface area (Å²) in [6, 6.07) is 9.06. The third-order valence-corrected chi connectivity index (χ3v) is 3.21. The van der Waals surface area contributed by atoms with E-state index in [0.717, 1.165) is 18.3 Å². The van der Waals surface area contributed by atoms with Gasteiger partial charge in [0.05, 0.1) is 18.8 Å². The zero-order valence-electron chi connectivity index (χ0n) is 14.2. The second-order valence-electron chi connectivity index (χ2n) is 5.14. The fourth-order valence-electron chi connectivity index (χ4n) is 2.01. The Labute approximate surface area is 153 Å². The molecule has 27 heavy (non-hydrogen) atoms. The summed E-state index contributed by atoms with van der Waals surface area (Å²) < 4.78 is 18.0. The number of hydrazone groups is 1. The molecule has 140 valence electrons. The molecule has 0 bridgehead atoms. The van der Waals surface area contributed by atoms with Crippen molar-refractivity contribution in [3.63, 3.8) is 0 Å². The molecule has 0 aliphatic heterocycles. The number of benzene rings is 2. The van der Waals surface area contributed by atoms with Crippen LogP contribution in [0.1, 0.15) is 22.8 Å². The lowest BCUT2D eigenvalue weighted by Crippen LogP contribution is -2.32. The van der Waals surface area contributed by atoms with Gasteiger partial charge < -0.3 is 20.0 Å². The Hall–Kier alpha value is -3.75. The first-order valence-corrected chi connectivity index (χ1v) is 7.79. The number of hydrogen-bond acceptors (Lipinski definition) is 6. The van der Waals surface area contributed by atoms with Gasteiger partial charge in [0.1, 0.15) is 11.6 Å². The van der Waals surface area contributed by atoms with Gasteiger partial charge in [-0.3, -0.25) is 9.59 Å². The predicted molar refractivity (Wildman–Crippen MR) is 92.7 cm³/mol. The molecule has 0 heterocycles. The standard InChI is InChI=1S/C18H16FN3O5/c1-2-27-15-8-3-11(9-14(15)18(25)26)10-20-22-17(24)16(23)21-13-6-4-12(19)5-7-13/h3-10H,2H2,1H3,(H,21,23)(H,22,24)(H,25,26)/p-1/b20-10-. The van der Waals surface area contributed by atoms with E-state index >= 15 is 0 Å². The molecule has 0 aromatic heterocycles. The van der Waals surface area contributed by atoms with Crippen molar-refractivity contribution in [2.24, 2.45) is 5.10 Å². The van der Waals surface area contributed by atoms with Crippen LogP contribution in [0.4, 0.5) is 10.1 Å². The number of carbonyl (C=O) groups excluding carboxylic acids is 3. The molecule has 0 spiro atoms. The molecule has 0 fully saturated rings. The predicted octanol–water partition coefficient (Wildman–Crippen LogP) is 0.677. The van der Waals surface area contributed by atoms with E-state index in [4.69, 9.17) is 4.74 Å². The SMILES string of the molecule is CCOc1ccc(/C=N\NC(=O)C(=O)Nc2ccc(F)cc2)cc1C(=O)[O-]. The van der Waals surface area contributed by atoms with E-state index in [1.54, 1.807) is 6.92 Å². The van der Waals surface area contributed by atoms with Crippen LogP contribution in [-0.4, -0.2) is 30.6 Å². The number of carboxylic acid groups (broad SMARTS) is 1. The van der Waals surface area contributed by atoms with Crippen LogP contribution in [0.5, 0.6) is 5.75 Å².